The van der Waals surface area contributed by atoms with Crippen molar-refractivity contribution in [3.05, 3.63) is 35.5 Å². The number of aliphatic hydroxyl groups is 1. The van der Waals surface area contributed by atoms with Gasteiger partial charge in [0.1, 0.15) is 5.69 Å². The van der Waals surface area contributed by atoms with Crippen LogP contribution >= 0.6 is 0 Å². The lowest BCUT2D eigenvalue weighted by Crippen LogP contribution is -2.57. The van der Waals surface area contributed by atoms with Crippen LogP contribution in [0.1, 0.15) is 41.7 Å². The van der Waals surface area contributed by atoms with E-state index < -0.39 is 47.3 Å². The summed E-state index contributed by atoms with van der Waals surface area (Å²) in [4.78, 5) is 23.7. The molecule has 0 bridgehead atoms. The molecule has 3 fully saturated rings. The highest BCUT2D eigenvalue weighted by molar-refractivity contribution is 7.92. The molecule has 1 amide bonds. The Hall–Kier alpha value is -3.19. The molecule has 13 heteroatoms. The predicted octanol–water partition coefficient (Wildman–Crippen LogP) is 2.90. The number of hydrogen-bond donors (Lipinski definition) is 3. The van der Waals surface area contributed by atoms with Crippen molar-refractivity contribution < 1.29 is 27.1 Å². The van der Waals surface area contributed by atoms with E-state index in [0.29, 0.717) is 41.3 Å². The Morgan fingerprint density at radius 3 is 2.45 bits per heavy atom. The van der Waals surface area contributed by atoms with Gasteiger partial charge >= 0.3 is 0 Å². The van der Waals surface area contributed by atoms with Crippen molar-refractivity contribution in [2.45, 2.75) is 38.0 Å². The van der Waals surface area contributed by atoms with Gasteiger partial charge in [-0.15, -0.1) is 0 Å². The Bertz CT molecular complexity index is 1430. The van der Waals surface area contributed by atoms with Gasteiger partial charge in [-0.2, -0.15) is 0 Å². The average Bonchev–Trinajstić information content (AvgIpc) is 3.53. The number of pyridine rings is 1. The van der Waals surface area contributed by atoms with Crippen molar-refractivity contribution >= 4 is 44.5 Å². The maximum absolute atomic E-state index is 13.7. The minimum absolute atomic E-state index is 0.147. The number of likely N-dealkylation sites (N-methyl/N-ethyl adjacent to an activating group) is 1. The lowest BCUT2D eigenvalue weighted by atomic mass is 9.93. The Morgan fingerprint density at radius 1 is 1.07 bits per heavy atom. The fraction of sp³-hybridized carbons (Fsp3) is 0.556. The first kappa shape index (κ1) is 27.0. The van der Waals surface area contributed by atoms with Crippen LogP contribution in [0.25, 0.3) is 0 Å². The number of rotatable bonds is 8. The molecule has 1 aromatic heterocycles. The summed E-state index contributed by atoms with van der Waals surface area (Å²) in [6.45, 7) is 0.927. The van der Waals surface area contributed by atoms with E-state index in [4.69, 9.17) is 5.11 Å². The number of fused-ring (bicyclic) bond motifs is 1. The first-order chi connectivity index (χ1) is 19.0. The molecule has 10 nitrogen and oxygen atoms in total. The molecule has 4 heterocycles. The summed E-state index contributed by atoms with van der Waals surface area (Å²) in [6.07, 6.45) is 5.22. The fourth-order valence-electron chi connectivity index (χ4n) is 5.98. The molecule has 3 N–H and O–H groups in total. The van der Waals surface area contributed by atoms with Crippen LogP contribution in [0.2, 0.25) is 0 Å². The maximum Gasteiger partial charge on any atom is 0.282 e. The molecular weight excluding hydrogens is 542 g/mol. The number of alkyl halides is 2. The smallest absolute Gasteiger partial charge is 0.282 e. The molecule has 40 heavy (non-hydrogen) atoms. The first-order valence-electron chi connectivity index (χ1n) is 13.7. The van der Waals surface area contributed by atoms with Gasteiger partial charge in [-0.1, -0.05) is 0 Å². The van der Waals surface area contributed by atoms with Gasteiger partial charge < -0.3 is 25.1 Å². The van der Waals surface area contributed by atoms with Crippen LogP contribution in [-0.4, -0.2) is 82.5 Å². The summed E-state index contributed by atoms with van der Waals surface area (Å²) in [5, 5.41) is 12.0. The molecule has 3 aliphatic heterocycles. The summed E-state index contributed by atoms with van der Waals surface area (Å²) in [5.74, 6) is -3.26. The Labute approximate surface area is 232 Å². The lowest BCUT2D eigenvalue weighted by Gasteiger charge is -2.41. The van der Waals surface area contributed by atoms with Gasteiger partial charge in [0, 0.05) is 26.7 Å². The van der Waals surface area contributed by atoms with E-state index in [0.717, 1.165) is 37.2 Å². The number of anilines is 5. The van der Waals surface area contributed by atoms with Crippen molar-refractivity contribution in [1.29, 1.82) is 0 Å². The van der Waals surface area contributed by atoms with E-state index in [1.54, 1.807) is 24.3 Å². The number of amides is 1. The summed E-state index contributed by atoms with van der Waals surface area (Å²) in [6, 6.07) is 6.65. The maximum atomic E-state index is 13.7. The van der Waals surface area contributed by atoms with Crippen LogP contribution in [0.15, 0.2) is 24.3 Å². The molecule has 0 radical (unpaired) electrons. The van der Waals surface area contributed by atoms with Gasteiger partial charge in [0.25, 0.3) is 11.8 Å². The van der Waals surface area contributed by atoms with Gasteiger partial charge in [0.2, 0.25) is 10.0 Å². The molecule has 1 saturated carbocycles. The number of halogens is 2. The third-order valence-corrected chi connectivity index (χ3v) is 9.80. The quantitative estimate of drug-likeness (QED) is 0.439. The molecule has 216 valence electrons. The minimum Gasteiger partial charge on any atom is -0.395 e. The highest BCUT2D eigenvalue weighted by Gasteiger charge is 2.46. The van der Waals surface area contributed by atoms with Crippen LogP contribution in [0.5, 0.6) is 0 Å². The minimum atomic E-state index is -3.73. The van der Waals surface area contributed by atoms with Crippen LogP contribution in [-0.2, 0) is 16.4 Å². The van der Waals surface area contributed by atoms with E-state index in [1.165, 1.54) is 17.7 Å². The highest BCUT2D eigenvalue weighted by Crippen LogP contribution is 2.54. The van der Waals surface area contributed by atoms with Crippen molar-refractivity contribution in [1.82, 2.24) is 4.98 Å². The standard InChI is InChI=1S/C27H34F2N6O4S/c1-33-9-4-18-14-21(30-24(23(18)33)35-16-27(28,29)17-35)25(37)31-20-3-2-19(32-40(38,39)13-12-36)15-22(20)34-10-7-26(5-6-26)8-11-34/h2-3,14-15,32,36H,4-13,16-17H2,1H3,(H,31,37). The van der Waals surface area contributed by atoms with Gasteiger partial charge in [-0.05, 0) is 67.3 Å². The molecule has 0 atom stereocenters. The molecule has 6 rings (SSSR count). The summed E-state index contributed by atoms with van der Waals surface area (Å²) < 4.78 is 54.5. The number of carbonyl (C=O) groups excluding carboxylic acids is 1. The zero-order chi connectivity index (χ0) is 28.3. The van der Waals surface area contributed by atoms with Crippen molar-refractivity contribution in [3.63, 3.8) is 0 Å². The topological polar surface area (TPSA) is 118 Å². The van der Waals surface area contributed by atoms with Crippen molar-refractivity contribution in [3.8, 4) is 0 Å². The number of aliphatic hydroxyl groups excluding tert-OH is 1. The van der Waals surface area contributed by atoms with Crippen molar-refractivity contribution in [2.75, 3.05) is 76.9 Å². The normalized spacial score (nSPS) is 20.8. The SMILES string of the molecule is CN1CCc2cc(C(=O)Nc3ccc(NS(=O)(=O)CCO)cc3N3CCC4(CC3)CC4)nc(N3CC(F)(F)C3)c21. The Morgan fingerprint density at radius 2 is 1.80 bits per heavy atom. The molecule has 1 aromatic carbocycles. The summed E-state index contributed by atoms with van der Waals surface area (Å²) in [7, 11) is -1.84. The number of benzene rings is 1. The molecular formula is C27H34F2N6O4S. The number of sulfonamides is 1. The zero-order valence-corrected chi connectivity index (χ0v) is 23.2. The lowest BCUT2D eigenvalue weighted by molar-refractivity contribution is -0.0266. The fourth-order valence-corrected chi connectivity index (χ4v) is 6.81. The molecule has 2 aromatic rings. The third-order valence-electron chi connectivity index (χ3n) is 8.53. The first-order valence-corrected chi connectivity index (χ1v) is 15.3. The van der Waals surface area contributed by atoms with E-state index in [2.05, 4.69) is 19.9 Å². The Kier molecular flexibility index (Phi) is 6.56. The molecule has 1 spiro atoms. The predicted molar refractivity (Wildman–Crippen MR) is 150 cm³/mol. The van der Waals surface area contributed by atoms with Gasteiger partial charge in [-0.25, -0.2) is 22.2 Å². The third kappa shape index (κ3) is 5.28. The van der Waals surface area contributed by atoms with Gasteiger partial charge in [-0.3, -0.25) is 9.52 Å². The molecule has 2 saturated heterocycles. The summed E-state index contributed by atoms with van der Waals surface area (Å²) >= 11 is 0. The van der Waals surface area contributed by atoms with Gasteiger partial charge in [0.15, 0.2) is 5.82 Å². The average molecular weight is 577 g/mol. The number of aromatic nitrogens is 1. The van der Waals surface area contributed by atoms with Crippen LogP contribution in [0.4, 0.5) is 37.3 Å². The van der Waals surface area contributed by atoms with Crippen LogP contribution < -0.4 is 24.7 Å². The van der Waals surface area contributed by atoms with E-state index in [-0.39, 0.29) is 5.69 Å². The second-order valence-electron chi connectivity index (χ2n) is 11.5. The molecule has 4 aliphatic rings. The highest BCUT2D eigenvalue weighted by atomic mass is 32.2. The number of carbonyl (C=O) groups is 1. The number of nitrogens with one attached hydrogen (secondary N) is 2. The summed E-state index contributed by atoms with van der Waals surface area (Å²) in [5.41, 5.74) is 3.80. The van der Waals surface area contributed by atoms with Crippen LogP contribution in [0.3, 0.4) is 0 Å². The number of piperidine rings is 1. The largest absolute Gasteiger partial charge is 0.395 e. The van der Waals surface area contributed by atoms with E-state index in [9.17, 15) is 22.0 Å². The Balaban J connectivity index is 1.29. The molecule has 0 unspecified atom stereocenters. The second-order valence-corrected chi connectivity index (χ2v) is 13.4. The molecule has 1 aliphatic carbocycles. The number of nitrogens with zero attached hydrogens (tertiary/aromatic N) is 4. The van der Waals surface area contributed by atoms with E-state index in [1.807, 2.05) is 11.9 Å². The van der Waals surface area contributed by atoms with Gasteiger partial charge in [0.05, 0.1) is 48.2 Å². The monoisotopic (exact) mass is 576 g/mol. The van der Waals surface area contributed by atoms with Crippen molar-refractivity contribution in [2.24, 2.45) is 5.41 Å². The second kappa shape index (κ2) is 9.72. The van der Waals surface area contributed by atoms with Crippen LogP contribution in [0, 0.1) is 5.41 Å². The number of hydrogen-bond acceptors (Lipinski definition) is 8. The van der Waals surface area contributed by atoms with E-state index >= 15 is 0 Å². The zero-order valence-electron chi connectivity index (χ0n) is 22.4.